The SMILES string of the molecule is CNc1ncc(Nc2ccc(C)cc2C(=O)O)cc1C. The summed E-state index contributed by atoms with van der Waals surface area (Å²) in [5, 5.41) is 15.3. The summed E-state index contributed by atoms with van der Waals surface area (Å²) in [4.78, 5) is 15.5. The number of nitrogens with one attached hydrogen (secondary N) is 2. The number of carboxylic acid groups (broad SMARTS) is 1. The van der Waals surface area contributed by atoms with E-state index < -0.39 is 5.97 Å². The summed E-state index contributed by atoms with van der Waals surface area (Å²) in [6.45, 7) is 3.81. The van der Waals surface area contributed by atoms with Gasteiger partial charge in [0.05, 0.1) is 23.1 Å². The van der Waals surface area contributed by atoms with E-state index >= 15 is 0 Å². The number of carboxylic acids is 1. The number of nitrogens with zero attached hydrogens (tertiary/aromatic N) is 1. The highest BCUT2D eigenvalue weighted by molar-refractivity contribution is 5.95. The summed E-state index contributed by atoms with van der Waals surface area (Å²) in [7, 11) is 1.81. The number of aryl methyl sites for hydroxylation is 2. The van der Waals surface area contributed by atoms with E-state index in [-0.39, 0.29) is 5.56 Å². The fourth-order valence-corrected chi connectivity index (χ4v) is 2.00. The van der Waals surface area contributed by atoms with E-state index in [0.717, 1.165) is 22.6 Å². The van der Waals surface area contributed by atoms with Gasteiger partial charge in [0.1, 0.15) is 5.82 Å². The van der Waals surface area contributed by atoms with E-state index in [1.165, 1.54) is 0 Å². The lowest BCUT2D eigenvalue weighted by Crippen LogP contribution is -2.04. The Hall–Kier alpha value is -2.56. The topological polar surface area (TPSA) is 74.2 Å². The molecule has 3 N–H and O–H groups in total. The molecule has 2 rings (SSSR count). The number of aromatic nitrogens is 1. The quantitative estimate of drug-likeness (QED) is 0.796. The Balaban J connectivity index is 2.35. The second-order valence-corrected chi connectivity index (χ2v) is 4.62. The second kappa shape index (κ2) is 5.61. The summed E-state index contributed by atoms with van der Waals surface area (Å²) < 4.78 is 0. The highest BCUT2D eigenvalue weighted by Gasteiger charge is 2.11. The molecule has 0 amide bonds. The van der Waals surface area contributed by atoms with E-state index in [1.54, 1.807) is 18.3 Å². The summed E-state index contributed by atoms with van der Waals surface area (Å²) >= 11 is 0. The Morgan fingerprint density at radius 2 is 2.00 bits per heavy atom. The van der Waals surface area contributed by atoms with Crippen LogP contribution in [0.2, 0.25) is 0 Å². The molecule has 1 heterocycles. The highest BCUT2D eigenvalue weighted by Crippen LogP contribution is 2.24. The van der Waals surface area contributed by atoms with Crippen LogP contribution in [0.5, 0.6) is 0 Å². The molecule has 5 heteroatoms. The van der Waals surface area contributed by atoms with Crippen LogP contribution in [-0.2, 0) is 0 Å². The van der Waals surface area contributed by atoms with Crippen LogP contribution in [0.25, 0.3) is 0 Å². The minimum Gasteiger partial charge on any atom is -0.478 e. The number of hydrogen-bond acceptors (Lipinski definition) is 4. The lowest BCUT2D eigenvalue weighted by atomic mass is 10.1. The van der Waals surface area contributed by atoms with Crippen molar-refractivity contribution in [1.82, 2.24) is 4.98 Å². The molecule has 0 bridgehead atoms. The van der Waals surface area contributed by atoms with Crippen molar-refractivity contribution in [3.05, 3.63) is 47.2 Å². The molecule has 0 aliphatic rings. The monoisotopic (exact) mass is 271 g/mol. The van der Waals surface area contributed by atoms with Crippen LogP contribution >= 0.6 is 0 Å². The van der Waals surface area contributed by atoms with Crippen molar-refractivity contribution in [3.8, 4) is 0 Å². The molecule has 0 radical (unpaired) electrons. The lowest BCUT2D eigenvalue weighted by molar-refractivity contribution is 0.0698. The Morgan fingerprint density at radius 3 is 2.60 bits per heavy atom. The Morgan fingerprint density at radius 1 is 1.25 bits per heavy atom. The first-order valence-corrected chi connectivity index (χ1v) is 6.26. The third-order valence-electron chi connectivity index (χ3n) is 3.00. The van der Waals surface area contributed by atoms with Crippen LogP contribution < -0.4 is 10.6 Å². The van der Waals surface area contributed by atoms with Crippen molar-refractivity contribution in [2.24, 2.45) is 0 Å². The Labute approximate surface area is 117 Å². The zero-order chi connectivity index (χ0) is 14.7. The molecule has 0 aliphatic heterocycles. The maximum absolute atomic E-state index is 11.3. The van der Waals surface area contributed by atoms with E-state index in [0.29, 0.717) is 5.69 Å². The van der Waals surface area contributed by atoms with Crippen molar-refractivity contribution >= 4 is 23.2 Å². The molecular formula is C15H17N3O2. The standard InChI is InChI=1S/C15H17N3O2/c1-9-4-5-13(12(6-9)15(19)20)18-11-7-10(2)14(16-3)17-8-11/h4-8,18H,1-3H3,(H,16,17)(H,19,20). The third-order valence-corrected chi connectivity index (χ3v) is 3.00. The second-order valence-electron chi connectivity index (χ2n) is 4.62. The predicted molar refractivity (Wildman–Crippen MR) is 79.9 cm³/mol. The van der Waals surface area contributed by atoms with Gasteiger partial charge in [0.25, 0.3) is 0 Å². The number of pyridine rings is 1. The van der Waals surface area contributed by atoms with Gasteiger partial charge in [-0.3, -0.25) is 0 Å². The maximum Gasteiger partial charge on any atom is 0.337 e. The summed E-state index contributed by atoms with van der Waals surface area (Å²) in [6, 6.07) is 7.20. The Bertz CT molecular complexity index is 654. The number of anilines is 3. The molecule has 1 aromatic carbocycles. The number of aromatic carboxylic acids is 1. The van der Waals surface area contributed by atoms with Gasteiger partial charge < -0.3 is 15.7 Å². The number of carbonyl (C=O) groups is 1. The molecule has 20 heavy (non-hydrogen) atoms. The average molecular weight is 271 g/mol. The molecular weight excluding hydrogens is 254 g/mol. The van der Waals surface area contributed by atoms with Gasteiger partial charge in [-0.05, 0) is 37.6 Å². The van der Waals surface area contributed by atoms with Crippen molar-refractivity contribution in [2.45, 2.75) is 13.8 Å². The van der Waals surface area contributed by atoms with E-state index in [4.69, 9.17) is 0 Å². The number of rotatable bonds is 4. The molecule has 5 nitrogen and oxygen atoms in total. The first-order chi connectivity index (χ1) is 9.51. The minimum atomic E-state index is -0.951. The molecule has 104 valence electrons. The fraction of sp³-hybridized carbons (Fsp3) is 0.200. The lowest BCUT2D eigenvalue weighted by Gasteiger charge is -2.12. The third kappa shape index (κ3) is 2.88. The van der Waals surface area contributed by atoms with Crippen molar-refractivity contribution in [2.75, 3.05) is 17.7 Å². The van der Waals surface area contributed by atoms with Gasteiger partial charge >= 0.3 is 5.97 Å². The molecule has 0 aliphatic carbocycles. The zero-order valence-corrected chi connectivity index (χ0v) is 11.7. The van der Waals surface area contributed by atoms with Gasteiger partial charge in [-0.2, -0.15) is 0 Å². The van der Waals surface area contributed by atoms with Crippen LogP contribution in [-0.4, -0.2) is 23.1 Å². The molecule has 0 saturated heterocycles. The van der Waals surface area contributed by atoms with E-state index in [2.05, 4.69) is 15.6 Å². The van der Waals surface area contributed by atoms with Gasteiger partial charge in [-0.15, -0.1) is 0 Å². The molecule has 0 spiro atoms. The van der Waals surface area contributed by atoms with Gasteiger partial charge in [0.2, 0.25) is 0 Å². The first-order valence-electron chi connectivity index (χ1n) is 6.26. The summed E-state index contributed by atoms with van der Waals surface area (Å²) in [5.41, 5.74) is 3.46. The van der Waals surface area contributed by atoms with Crippen LogP contribution in [0.4, 0.5) is 17.2 Å². The zero-order valence-electron chi connectivity index (χ0n) is 11.7. The molecule has 1 aromatic heterocycles. The number of benzene rings is 1. The summed E-state index contributed by atoms with van der Waals surface area (Å²) in [6.07, 6.45) is 1.67. The van der Waals surface area contributed by atoms with Gasteiger partial charge in [0, 0.05) is 7.05 Å². The number of hydrogen-bond donors (Lipinski definition) is 3. The van der Waals surface area contributed by atoms with Crippen LogP contribution in [0, 0.1) is 13.8 Å². The first kappa shape index (κ1) is 13.9. The largest absolute Gasteiger partial charge is 0.478 e. The summed E-state index contributed by atoms with van der Waals surface area (Å²) in [5.74, 6) is -0.148. The molecule has 2 aromatic rings. The molecule has 0 atom stereocenters. The van der Waals surface area contributed by atoms with Crippen LogP contribution in [0.15, 0.2) is 30.5 Å². The Kier molecular flexibility index (Phi) is 3.89. The highest BCUT2D eigenvalue weighted by atomic mass is 16.4. The average Bonchev–Trinajstić information content (AvgIpc) is 2.41. The fourth-order valence-electron chi connectivity index (χ4n) is 2.00. The maximum atomic E-state index is 11.3. The molecule has 0 saturated carbocycles. The van der Waals surface area contributed by atoms with E-state index in [1.807, 2.05) is 33.0 Å². The van der Waals surface area contributed by atoms with Gasteiger partial charge in [0.15, 0.2) is 0 Å². The molecule has 0 unspecified atom stereocenters. The minimum absolute atomic E-state index is 0.250. The smallest absolute Gasteiger partial charge is 0.337 e. The van der Waals surface area contributed by atoms with Crippen LogP contribution in [0.3, 0.4) is 0 Å². The van der Waals surface area contributed by atoms with Gasteiger partial charge in [-0.1, -0.05) is 11.6 Å². The van der Waals surface area contributed by atoms with Crippen LogP contribution in [0.1, 0.15) is 21.5 Å². The van der Waals surface area contributed by atoms with Crippen molar-refractivity contribution in [1.29, 1.82) is 0 Å². The predicted octanol–water partition coefficient (Wildman–Crippen LogP) is 3.18. The van der Waals surface area contributed by atoms with Crippen molar-refractivity contribution < 1.29 is 9.90 Å². The van der Waals surface area contributed by atoms with Crippen molar-refractivity contribution in [3.63, 3.8) is 0 Å². The van der Waals surface area contributed by atoms with E-state index in [9.17, 15) is 9.90 Å². The van der Waals surface area contributed by atoms with Gasteiger partial charge in [-0.25, -0.2) is 9.78 Å². The molecule has 0 fully saturated rings. The normalized spacial score (nSPS) is 10.2.